The molecule has 0 amide bonds. The highest BCUT2D eigenvalue weighted by atomic mass is 32.2. The highest BCUT2D eigenvalue weighted by Crippen LogP contribution is 2.36. The summed E-state index contributed by atoms with van der Waals surface area (Å²) in [5, 5.41) is 14.0. The molecule has 0 aliphatic carbocycles. The van der Waals surface area contributed by atoms with Crippen LogP contribution in [0.15, 0.2) is 23.0 Å². The van der Waals surface area contributed by atoms with Crippen LogP contribution in [0.5, 0.6) is 5.75 Å². The summed E-state index contributed by atoms with van der Waals surface area (Å²) in [6, 6.07) is 1.66. The molecule has 94 valence electrons. The van der Waals surface area contributed by atoms with E-state index < -0.39 is 0 Å². The largest absolute Gasteiger partial charge is 0.505 e. The second-order valence-corrected chi connectivity index (χ2v) is 6.25. The molecular formula is C11H11N3O2S2. The Balaban J connectivity index is 1.87. The van der Waals surface area contributed by atoms with E-state index in [1.807, 2.05) is 23.5 Å². The van der Waals surface area contributed by atoms with Gasteiger partial charge in [0.15, 0.2) is 5.82 Å². The van der Waals surface area contributed by atoms with Crippen LogP contribution in [0.3, 0.4) is 0 Å². The molecule has 3 heterocycles. The Morgan fingerprint density at radius 1 is 1.39 bits per heavy atom. The van der Waals surface area contributed by atoms with Crippen molar-refractivity contribution < 1.29 is 9.63 Å². The molecule has 1 unspecified atom stereocenters. The summed E-state index contributed by atoms with van der Waals surface area (Å²) in [6.45, 7) is 0. The van der Waals surface area contributed by atoms with Crippen molar-refractivity contribution in [2.45, 2.75) is 5.25 Å². The Kier molecular flexibility index (Phi) is 3.42. The van der Waals surface area contributed by atoms with E-state index in [2.05, 4.69) is 15.1 Å². The van der Waals surface area contributed by atoms with Gasteiger partial charge in [-0.3, -0.25) is 4.98 Å². The van der Waals surface area contributed by atoms with Crippen LogP contribution in [0, 0.1) is 0 Å². The maximum absolute atomic E-state index is 9.68. The first-order chi connectivity index (χ1) is 8.84. The van der Waals surface area contributed by atoms with Gasteiger partial charge in [-0.05, 0) is 6.07 Å². The highest BCUT2D eigenvalue weighted by molar-refractivity contribution is 8.06. The smallest absolute Gasteiger partial charge is 0.261 e. The molecule has 0 spiro atoms. The summed E-state index contributed by atoms with van der Waals surface area (Å²) in [6.07, 6.45) is 2.95. The molecule has 0 bridgehead atoms. The van der Waals surface area contributed by atoms with E-state index in [1.54, 1.807) is 12.3 Å². The van der Waals surface area contributed by atoms with Gasteiger partial charge in [0.05, 0.1) is 17.0 Å². The van der Waals surface area contributed by atoms with Crippen LogP contribution < -0.4 is 0 Å². The third-order valence-electron chi connectivity index (χ3n) is 2.58. The number of pyridine rings is 1. The Morgan fingerprint density at radius 3 is 3.11 bits per heavy atom. The SMILES string of the molecule is Oc1cnccc1-c1nc(C2CSCCS2)no1. The van der Waals surface area contributed by atoms with E-state index >= 15 is 0 Å². The molecule has 2 aromatic rings. The summed E-state index contributed by atoms with van der Waals surface area (Å²) in [5.41, 5.74) is 0.525. The first-order valence-electron chi connectivity index (χ1n) is 5.51. The first-order valence-corrected chi connectivity index (χ1v) is 7.71. The zero-order valence-electron chi connectivity index (χ0n) is 9.44. The van der Waals surface area contributed by atoms with Gasteiger partial charge in [-0.1, -0.05) is 5.16 Å². The Hall–Kier alpha value is -1.21. The maximum atomic E-state index is 9.68. The summed E-state index contributed by atoms with van der Waals surface area (Å²) in [5.74, 6) is 4.40. The van der Waals surface area contributed by atoms with Gasteiger partial charge < -0.3 is 9.63 Å². The van der Waals surface area contributed by atoms with Crippen molar-refractivity contribution in [1.29, 1.82) is 0 Å². The van der Waals surface area contributed by atoms with E-state index in [9.17, 15) is 5.11 Å². The molecule has 1 saturated heterocycles. The van der Waals surface area contributed by atoms with Crippen LogP contribution >= 0.6 is 23.5 Å². The van der Waals surface area contributed by atoms with Crippen LogP contribution in [-0.2, 0) is 0 Å². The number of thioether (sulfide) groups is 2. The fourth-order valence-electron chi connectivity index (χ4n) is 1.68. The number of aromatic hydroxyl groups is 1. The van der Waals surface area contributed by atoms with Gasteiger partial charge in [-0.15, -0.1) is 11.8 Å². The molecule has 5 nitrogen and oxygen atoms in total. The molecular weight excluding hydrogens is 270 g/mol. The van der Waals surface area contributed by atoms with Gasteiger partial charge in [0.25, 0.3) is 5.89 Å². The summed E-state index contributed by atoms with van der Waals surface area (Å²) in [7, 11) is 0. The van der Waals surface area contributed by atoms with E-state index in [4.69, 9.17) is 4.52 Å². The second-order valence-electron chi connectivity index (χ2n) is 3.78. The lowest BCUT2D eigenvalue weighted by Crippen LogP contribution is -2.07. The monoisotopic (exact) mass is 281 g/mol. The van der Waals surface area contributed by atoms with E-state index in [1.165, 1.54) is 11.9 Å². The van der Waals surface area contributed by atoms with Gasteiger partial charge in [0, 0.05) is 23.5 Å². The quantitative estimate of drug-likeness (QED) is 0.905. The van der Waals surface area contributed by atoms with E-state index in [-0.39, 0.29) is 11.0 Å². The third kappa shape index (κ3) is 2.32. The molecule has 0 radical (unpaired) electrons. The fraction of sp³-hybridized carbons (Fsp3) is 0.364. The summed E-state index contributed by atoms with van der Waals surface area (Å²) >= 11 is 3.75. The number of hydrogen-bond donors (Lipinski definition) is 1. The van der Waals surface area contributed by atoms with E-state index in [0.29, 0.717) is 17.3 Å². The average Bonchev–Trinajstić information content (AvgIpc) is 2.90. The number of rotatable bonds is 2. The Bertz CT molecular complexity index is 541. The minimum Gasteiger partial charge on any atom is -0.505 e. The lowest BCUT2D eigenvalue weighted by molar-refractivity contribution is 0.417. The molecule has 3 rings (SSSR count). The van der Waals surface area contributed by atoms with Gasteiger partial charge in [0.2, 0.25) is 0 Å². The molecule has 1 atom stereocenters. The Labute approximate surface area is 112 Å². The normalized spacial score (nSPS) is 19.9. The first kappa shape index (κ1) is 11.9. The van der Waals surface area contributed by atoms with Crippen molar-refractivity contribution in [3.8, 4) is 17.2 Å². The van der Waals surface area contributed by atoms with E-state index in [0.717, 1.165) is 11.5 Å². The van der Waals surface area contributed by atoms with Crippen molar-refractivity contribution in [2.75, 3.05) is 17.3 Å². The van der Waals surface area contributed by atoms with Gasteiger partial charge >= 0.3 is 0 Å². The van der Waals surface area contributed by atoms with Crippen LogP contribution in [0.25, 0.3) is 11.5 Å². The highest BCUT2D eigenvalue weighted by Gasteiger charge is 2.23. The van der Waals surface area contributed by atoms with Crippen molar-refractivity contribution in [1.82, 2.24) is 15.1 Å². The molecule has 0 aromatic carbocycles. The van der Waals surface area contributed by atoms with Gasteiger partial charge in [0.1, 0.15) is 5.75 Å². The molecule has 2 aromatic heterocycles. The van der Waals surface area contributed by atoms with Crippen molar-refractivity contribution in [3.63, 3.8) is 0 Å². The molecule has 1 fully saturated rings. The minimum absolute atomic E-state index is 0.0540. The zero-order chi connectivity index (χ0) is 12.4. The molecule has 1 aliphatic rings. The fourth-order valence-corrected chi connectivity index (χ4v) is 4.27. The second kappa shape index (κ2) is 5.19. The lowest BCUT2D eigenvalue weighted by atomic mass is 10.2. The summed E-state index contributed by atoms with van der Waals surface area (Å²) in [4.78, 5) is 8.19. The van der Waals surface area contributed by atoms with Crippen molar-refractivity contribution in [2.24, 2.45) is 0 Å². The molecule has 7 heteroatoms. The molecule has 0 saturated carbocycles. The van der Waals surface area contributed by atoms with Crippen molar-refractivity contribution in [3.05, 3.63) is 24.3 Å². The van der Waals surface area contributed by atoms with Crippen LogP contribution in [0.4, 0.5) is 0 Å². The van der Waals surface area contributed by atoms with Crippen LogP contribution in [-0.4, -0.2) is 37.5 Å². The minimum atomic E-state index is 0.0540. The number of aromatic nitrogens is 3. The third-order valence-corrected chi connectivity index (χ3v) is 5.33. The summed E-state index contributed by atoms with van der Waals surface area (Å²) < 4.78 is 5.21. The molecule has 1 N–H and O–H groups in total. The standard InChI is InChI=1S/C11H11N3O2S2/c15-8-5-12-2-1-7(8)11-13-10(14-16-11)9-6-17-3-4-18-9/h1-2,5,9,15H,3-4,6H2. The average molecular weight is 281 g/mol. The topological polar surface area (TPSA) is 72.0 Å². The zero-order valence-corrected chi connectivity index (χ0v) is 11.1. The number of hydrogen-bond acceptors (Lipinski definition) is 7. The van der Waals surface area contributed by atoms with Crippen LogP contribution in [0.1, 0.15) is 11.1 Å². The Morgan fingerprint density at radius 2 is 2.33 bits per heavy atom. The maximum Gasteiger partial charge on any atom is 0.261 e. The predicted molar refractivity (Wildman–Crippen MR) is 71.7 cm³/mol. The van der Waals surface area contributed by atoms with Crippen molar-refractivity contribution >= 4 is 23.5 Å². The molecule has 18 heavy (non-hydrogen) atoms. The van der Waals surface area contributed by atoms with Gasteiger partial charge in [-0.2, -0.15) is 16.7 Å². The lowest BCUT2D eigenvalue weighted by Gasteiger charge is -2.16. The van der Waals surface area contributed by atoms with Crippen LogP contribution in [0.2, 0.25) is 0 Å². The predicted octanol–water partition coefficient (Wildman–Crippen LogP) is 2.36. The van der Waals surface area contributed by atoms with Gasteiger partial charge in [-0.25, -0.2) is 0 Å². The number of nitrogens with zero attached hydrogens (tertiary/aromatic N) is 3. The molecule has 1 aliphatic heterocycles.